The number of amides is 2. The Balaban J connectivity index is 1.61. The molecule has 0 aromatic heterocycles. The maximum atomic E-state index is 12.2. The van der Waals surface area contributed by atoms with Gasteiger partial charge in [0, 0.05) is 32.2 Å². The third-order valence-electron chi connectivity index (χ3n) is 5.53. The molecule has 0 saturated carbocycles. The fourth-order valence-corrected chi connectivity index (χ4v) is 4.16. The van der Waals surface area contributed by atoms with Crippen molar-refractivity contribution in [2.24, 2.45) is 5.73 Å². The number of aryl methyl sites for hydroxylation is 1. The van der Waals surface area contributed by atoms with Gasteiger partial charge in [-0.25, -0.2) is 0 Å². The highest BCUT2D eigenvalue weighted by Gasteiger charge is 2.31. The van der Waals surface area contributed by atoms with E-state index in [9.17, 15) is 9.59 Å². The van der Waals surface area contributed by atoms with Gasteiger partial charge in [0.1, 0.15) is 6.04 Å². The second-order valence-electron chi connectivity index (χ2n) is 7.14. The highest BCUT2D eigenvalue weighted by atomic mass is 16.2. The number of primary amides is 1. The first-order chi connectivity index (χ1) is 12.5. The number of nitrogens with zero attached hydrogens (tertiary/aromatic N) is 2. The SMILES string of the molecule is CN1C(=O)CCc2cc(CN3CCc4ccccc4C3C(N)=O)ccc21. The molecule has 2 aliphatic heterocycles. The van der Waals surface area contributed by atoms with Crippen LogP contribution in [0, 0.1) is 0 Å². The van der Waals surface area contributed by atoms with Gasteiger partial charge < -0.3 is 10.6 Å². The van der Waals surface area contributed by atoms with Crippen LogP contribution >= 0.6 is 0 Å². The molecule has 2 aliphatic rings. The molecule has 0 fully saturated rings. The molecule has 2 aromatic rings. The van der Waals surface area contributed by atoms with Gasteiger partial charge >= 0.3 is 0 Å². The smallest absolute Gasteiger partial charge is 0.239 e. The van der Waals surface area contributed by atoms with Crippen LogP contribution < -0.4 is 10.6 Å². The second kappa shape index (κ2) is 6.57. The molecule has 1 atom stereocenters. The Kier molecular flexibility index (Phi) is 4.24. The average Bonchev–Trinajstić information content (AvgIpc) is 2.64. The summed E-state index contributed by atoms with van der Waals surface area (Å²) >= 11 is 0. The Hall–Kier alpha value is -2.66. The molecular weight excluding hydrogens is 326 g/mol. The number of hydrogen-bond acceptors (Lipinski definition) is 3. The Morgan fingerprint density at radius 3 is 2.73 bits per heavy atom. The lowest BCUT2D eigenvalue weighted by atomic mass is 9.91. The largest absolute Gasteiger partial charge is 0.368 e. The molecule has 26 heavy (non-hydrogen) atoms. The number of carbonyl (C=O) groups excluding carboxylic acids is 2. The summed E-state index contributed by atoms with van der Waals surface area (Å²) in [4.78, 5) is 27.9. The minimum atomic E-state index is -0.389. The van der Waals surface area contributed by atoms with Crippen LogP contribution in [0.4, 0.5) is 5.69 Å². The van der Waals surface area contributed by atoms with E-state index in [1.807, 2.05) is 37.4 Å². The zero-order chi connectivity index (χ0) is 18.3. The van der Waals surface area contributed by atoms with Gasteiger partial charge in [0.15, 0.2) is 0 Å². The van der Waals surface area contributed by atoms with E-state index in [2.05, 4.69) is 17.0 Å². The lowest BCUT2D eigenvalue weighted by Gasteiger charge is -2.35. The van der Waals surface area contributed by atoms with Crippen molar-refractivity contribution in [1.82, 2.24) is 4.90 Å². The molecule has 4 rings (SSSR count). The molecule has 0 saturated heterocycles. The molecule has 0 radical (unpaired) electrons. The van der Waals surface area contributed by atoms with Gasteiger partial charge in [-0.1, -0.05) is 36.4 Å². The number of benzene rings is 2. The van der Waals surface area contributed by atoms with Gasteiger partial charge in [0.05, 0.1) is 0 Å². The van der Waals surface area contributed by atoms with Gasteiger partial charge in [0.25, 0.3) is 0 Å². The molecule has 5 nitrogen and oxygen atoms in total. The van der Waals surface area contributed by atoms with Crippen LogP contribution in [0.1, 0.15) is 34.7 Å². The van der Waals surface area contributed by atoms with Gasteiger partial charge in [-0.3, -0.25) is 14.5 Å². The van der Waals surface area contributed by atoms with E-state index in [0.29, 0.717) is 13.0 Å². The van der Waals surface area contributed by atoms with Crippen LogP contribution in [0.5, 0.6) is 0 Å². The standard InChI is InChI=1S/C21H23N3O2/c1-23-18-8-6-14(12-16(18)7-9-19(23)25)13-24-11-10-15-4-2-3-5-17(15)20(24)21(22)26/h2-6,8,12,20H,7,9-11,13H2,1H3,(H2,22,26). The van der Waals surface area contributed by atoms with Crippen molar-refractivity contribution in [2.45, 2.75) is 31.8 Å². The number of carbonyl (C=O) groups is 2. The number of nitrogens with two attached hydrogens (primary N) is 1. The number of fused-ring (bicyclic) bond motifs is 2. The first-order valence-corrected chi connectivity index (χ1v) is 9.04. The van der Waals surface area contributed by atoms with Crippen LogP contribution in [-0.4, -0.2) is 30.3 Å². The minimum absolute atomic E-state index is 0.159. The number of rotatable bonds is 3. The fraction of sp³-hybridized carbons (Fsp3) is 0.333. The van der Waals surface area contributed by atoms with E-state index < -0.39 is 0 Å². The Bertz CT molecular complexity index is 877. The van der Waals surface area contributed by atoms with Crippen LogP contribution in [0.3, 0.4) is 0 Å². The van der Waals surface area contributed by atoms with Crippen molar-refractivity contribution in [3.8, 4) is 0 Å². The topological polar surface area (TPSA) is 66.6 Å². The first-order valence-electron chi connectivity index (χ1n) is 9.04. The lowest BCUT2D eigenvalue weighted by Crippen LogP contribution is -2.42. The van der Waals surface area contributed by atoms with Gasteiger partial charge in [-0.15, -0.1) is 0 Å². The molecule has 0 aliphatic carbocycles. The Labute approximate surface area is 153 Å². The molecule has 0 spiro atoms. The molecule has 0 bridgehead atoms. The van der Waals surface area contributed by atoms with Gasteiger partial charge in [-0.2, -0.15) is 0 Å². The van der Waals surface area contributed by atoms with E-state index in [1.165, 1.54) is 11.1 Å². The first kappa shape index (κ1) is 16.8. The summed E-state index contributed by atoms with van der Waals surface area (Å²) in [6.45, 7) is 1.48. The highest BCUT2D eigenvalue weighted by molar-refractivity contribution is 5.95. The molecule has 2 aromatic carbocycles. The summed E-state index contributed by atoms with van der Waals surface area (Å²) in [5.41, 5.74) is 11.3. The Morgan fingerprint density at radius 1 is 1.12 bits per heavy atom. The Morgan fingerprint density at radius 2 is 1.92 bits per heavy atom. The third-order valence-corrected chi connectivity index (χ3v) is 5.53. The van der Waals surface area contributed by atoms with Crippen LogP contribution in [0.2, 0.25) is 0 Å². The van der Waals surface area contributed by atoms with E-state index in [0.717, 1.165) is 36.2 Å². The maximum absolute atomic E-state index is 12.2. The summed E-state index contributed by atoms with van der Waals surface area (Å²) in [6, 6.07) is 13.9. The van der Waals surface area contributed by atoms with E-state index >= 15 is 0 Å². The van der Waals surface area contributed by atoms with Crippen molar-refractivity contribution < 1.29 is 9.59 Å². The van der Waals surface area contributed by atoms with E-state index in [-0.39, 0.29) is 17.9 Å². The molecular formula is C21H23N3O2. The predicted octanol–water partition coefficient (Wildman–Crippen LogP) is 2.18. The zero-order valence-electron chi connectivity index (χ0n) is 14.9. The number of anilines is 1. The molecule has 5 heteroatoms. The van der Waals surface area contributed by atoms with Crippen molar-refractivity contribution in [1.29, 1.82) is 0 Å². The minimum Gasteiger partial charge on any atom is -0.368 e. The summed E-state index contributed by atoms with van der Waals surface area (Å²) in [7, 11) is 1.82. The summed E-state index contributed by atoms with van der Waals surface area (Å²) < 4.78 is 0. The monoisotopic (exact) mass is 349 g/mol. The normalized spacial score (nSPS) is 19.8. The summed E-state index contributed by atoms with van der Waals surface area (Å²) in [5.74, 6) is -0.146. The second-order valence-corrected chi connectivity index (χ2v) is 7.14. The van der Waals surface area contributed by atoms with Crippen LogP contribution in [0.25, 0.3) is 0 Å². The summed E-state index contributed by atoms with van der Waals surface area (Å²) in [5, 5.41) is 0. The summed E-state index contributed by atoms with van der Waals surface area (Å²) in [6.07, 6.45) is 2.24. The molecule has 2 amide bonds. The molecule has 134 valence electrons. The van der Waals surface area contributed by atoms with Gasteiger partial charge in [0.2, 0.25) is 11.8 Å². The third kappa shape index (κ3) is 2.88. The van der Waals surface area contributed by atoms with E-state index in [1.54, 1.807) is 4.90 Å². The van der Waals surface area contributed by atoms with Crippen LogP contribution in [0.15, 0.2) is 42.5 Å². The van der Waals surface area contributed by atoms with Crippen molar-refractivity contribution in [3.63, 3.8) is 0 Å². The lowest BCUT2D eigenvalue weighted by molar-refractivity contribution is -0.124. The predicted molar refractivity (Wildman–Crippen MR) is 101 cm³/mol. The van der Waals surface area contributed by atoms with Crippen molar-refractivity contribution in [3.05, 3.63) is 64.7 Å². The fourth-order valence-electron chi connectivity index (χ4n) is 4.16. The maximum Gasteiger partial charge on any atom is 0.239 e. The van der Waals surface area contributed by atoms with Crippen molar-refractivity contribution in [2.75, 3.05) is 18.5 Å². The number of hydrogen-bond donors (Lipinski definition) is 1. The van der Waals surface area contributed by atoms with Crippen molar-refractivity contribution >= 4 is 17.5 Å². The van der Waals surface area contributed by atoms with Crippen LogP contribution in [-0.2, 0) is 29.0 Å². The van der Waals surface area contributed by atoms with Gasteiger partial charge in [-0.05, 0) is 41.2 Å². The molecule has 2 N–H and O–H groups in total. The highest BCUT2D eigenvalue weighted by Crippen LogP contribution is 2.32. The average molecular weight is 349 g/mol. The molecule has 1 unspecified atom stereocenters. The zero-order valence-corrected chi connectivity index (χ0v) is 14.9. The molecule has 2 heterocycles. The van der Waals surface area contributed by atoms with E-state index in [4.69, 9.17) is 5.73 Å². The quantitative estimate of drug-likeness (QED) is 0.924.